The van der Waals surface area contributed by atoms with E-state index in [0.717, 1.165) is 5.56 Å². The molecule has 1 heterocycles. The molecule has 1 aliphatic heterocycles. The predicted octanol–water partition coefficient (Wildman–Crippen LogP) is 1.47. The summed E-state index contributed by atoms with van der Waals surface area (Å²) in [5.41, 5.74) is 1.20. The van der Waals surface area contributed by atoms with Crippen LogP contribution >= 0.6 is 0 Å². The number of esters is 2. The molecule has 0 spiro atoms. The van der Waals surface area contributed by atoms with Crippen LogP contribution in [0, 0.1) is 0 Å². The second-order valence-electron chi connectivity index (χ2n) is 5.94. The van der Waals surface area contributed by atoms with Crippen LogP contribution in [-0.4, -0.2) is 44.3 Å². The Kier molecular flexibility index (Phi) is 6.11. The third-order valence-corrected chi connectivity index (χ3v) is 3.98. The number of fused-ring (bicyclic) bond motifs is 1. The van der Waals surface area contributed by atoms with E-state index in [2.05, 4.69) is 10.1 Å². The predicted molar refractivity (Wildman–Crippen MR) is 96.9 cm³/mol. The number of carbonyl (C=O) groups is 3. The van der Waals surface area contributed by atoms with Crippen LogP contribution in [0.4, 0.5) is 0 Å². The molecule has 0 aliphatic carbocycles. The average Bonchev–Trinajstić information content (AvgIpc) is 2.75. The van der Waals surface area contributed by atoms with Gasteiger partial charge >= 0.3 is 11.9 Å². The van der Waals surface area contributed by atoms with E-state index in [0.29, 0.717) is 17.1 Å². The van der Waals surface area contributed by atoms with Gasteiger partial charge in [0.15, 0.2) is 18.1 Å². The van der Waals surface area contributed by atoms with Gasteiger partial charge in [-0.1, -0.05) is 24.3 Å². The molecule has 2 aromatic carbocycles. The highest BCUT2D eigenvalue weighted by atomic mass is 16.6. The van der Waals surface area contributed by atoms with Crippen LogP contribution in [0.15, 0.2) is 48.5 Å². The van der Waals surface area contributed by atoms with E-state index >= 15 is 0 Å². The van der Waals surface area contributed by atoms with Crippen LogP contribution < -0.4 is 14.8 Å². The summed E-state index contributed by atoms with van der Waals surface area (Å²) in [5, 5.41) is 2.63. The Labute approximate surface area is 161 Å². The number of nitrogens with one attached hydrogen (secondary N) is 1. The summed E-state index contributed by atoms with van der Waals surface area (Å²) in [6.45, 7) is -0.182. The van der Waals surface area contributed by atoms with Gasteiger partial charge in [0.1, 0.15) is 6.61 Å². The van der Waals surface area contributed by atoms with Gasteiger partial charge in [0.2, 0.25) is 6.10 Å². The number of rotatable bonds is 6. The summed E-state index contributed by atoms with van der Waals surface area (Å²) in [7, 11) is 1.31. The highest BCUT2D eigenvalue weighted by Gasteiger charge is 2.29. The molecule has 28 heavy (non-hydrogen) atoms. The van der Waals surface area contributed by atoms with Crippen molar-refractivity contribution in [3.63, 3.8) is 0 Å². The largest absolute Gasteiger partial charge is 0.485 e. The van der Waals surface area contributed by atoms with Gasteiger partial charge in [-0.3, -0.25) is 4.79 Å². The van der Waals surface area contributed by atoms with Crippen molar-refractivity contribution >= 4 is 17.8 Å². The van der Waals surface area contributed by atoms with E-state index in [-0.39, 0.29) is 13.2 Å². The second-order valence-corrected chi connectivity index (χ2v) is 5.94. The fourth-order valence-electron chi connectivity index (χ4n) is 2.49. The summed E-state index contributed by atoms with van der Waals surface area (Å²) in [6, 6.07) is 13.6. The minimum absolute atomic E-state index is 0.0179. The van der Waals surface area contributed by atoms with Gasteiger partial charge in [-0.15, -0.1) is 0 Å². The van der Waals surface area contributed by atoms with Crippen LogP contribution in [0.3, 0.4) is 0 Å². The van der Waals surface area contributed by atoms with Crippen LogP contribution in [0.25, 0.3) is 0 Å². The molecule has 0 saturated heterocycles. The summed E-state index contributed by atoms with van der Waals surface area (Å²) in [5.74, 6) is -0.549. The van der Waals surface area contributed by atoms with Gasteiger partial charge in [-0.2, -0.15) is 0 Å². The van der Waals surface area contributed by atoms with Gasteiger partial charge in [0.25, 0.3) is 5.91 Å². The first kappa shape index (κ1) is 19.2. The first-order chi connectivity index (χ1) is 13.6. The maximum absolute atomic E-state index is 12.1. The second kappa shape index (κ2) is 8.90. The number of ether oxygens (including phenoxy) is 4. The normalized spacial score (nSPS) is 14.7. The van der Waals surface area contributed by atoms with E-state index < -0.39 is 30.6 Å². The minimum Gasteiger partial charge on any atom is -0.485 e. The summed E-state index contributed by atoms with van der Waals surface area (Å²) in [6.07, 6.45) is -0.923. The van der Waals surface area contributed by atoms with E-state index in [9.17, 15) is 14.4 Å². The molecule has 0 saturated carbocycles. The fourth-order valence-corrected chi connectivity index (χ4v) is 2.49. The average molecular weight is 385 g/mol. The van der Waals surface area contributed by atoms with E-state index in [1.807, 2.05) is 0 Å². The maximum atomic E-state index is 12.1. The lowest BCUT2D eigenvalue weighted by atomic mass is 10.1. The number of carbonyl (C=O) groups excluding carboxylic acids is 3. The molecule has 0 fully saturated rings. The molecule has 3 rings (SSSR count). The molecule has 0 unspecified atom stereocenters. The van der Waals surface area contributed by atoms with Crippen LogP contribution in [-0.2, 0) is 25.6 Å². The van der Waals surface area contributed by atoms with E-state index in [4.69, 9.17) is 14.2 Å². The van der Waals surface area contributed by atoms with Gasteiger partial charge < -0.3 is 24.3 Å². The van der Waals surface area contributed by atoms with Crippen LogP contribution in [0.2, 0.25) is 0 Å². The number of methoxy groups -OCH3 is 1. The Balaban J connectivity index is 1.42. The monoisotopic (exact) mass is 385 g/mol. The lowest BCUT2D eigenvalue weighted by Gasteiger charge is -2.24. The molecule has 146 valence electrons. The zero-order valence-corrected chi connectivity index (χ0v) is 15.2. The Morgan fingerprint density at radius 1 is 1.07 bits per heavy atom. The highest BCUT2D eigenvalue weighted by molar-refractivity contribution is 5.89. The lowest BCUT2D eigenvalue weighted by Crippen LogP contribution is -2.39. The number of hydrogen-bond donors (Lipinski definition) is 1. The SMILES string of the molecule is COC(=O)c1ccc(CNC(=O)COC(=O)[C@H]2COc3ccccc3O2)cc1. The Bertz CT molecular complexity index is 863. The molecule has 1 N–H and O–H groups in total. The molecule has 1 aliphatic rings. The topological polar surface area (TPSA) is 100 Å². The molecule has 0 radical (unpaired) electrons. The molecule has 2 aromatic rings. The zero-order chi connectivity index (χ0) is 19.9. The van der Waals surface area contributed by atoms with Crippen molar-refractivity contribution in [1.29, 1.82) is 0 Å². The van der Waals surface area contributed by atoms with Crippen LogP contribution in [0.5, 0.6) is 11.5 Å². The summed E-state index contributed by atoms with van der Waals surface area (Å²) in [4.78, 5) is 35.3. The smallest absolute Gasteiger partial charge is 0.351 e. The fraction of sp³-hybridized carbons (Fsp3) is 0.250. The quantitative estimate of drug-likeness (QED) is 0.752. The minimum atomic E-state index is -0.923. The van der Waals surface area contributed by atoms with Gasteiger partial charge in [-0.05, 0) is 29.8 Å². The lowest BCUT2D eigenvalue weighted by molar-refractivity contribution is -0.157. The molecular formula is C20H19NO7. The van der Waals surface area contributed by atoms with Gasteiger partial charge in [0, 0.05) is 6.54 Å². The molecule has 0 bridgehead atoms. The molecule has 1 atom stereocenters. The highest BCUT2D eigenvalue weighted by Crippen LogP contribution is 2.31. The maximum Gasteiger partial charge on any atom is 0.351 e. The van der Waals surface area contributed by atoms with Crippen molar-refractivity contribution in [1.82, 2.24) is 5.32 Å². The Hall–Kier alpha value is -3.55. The molecule has 1 amide bonds. The molecule has 8 nitrogen and oxygen atoms in total. The van der Waals surface area contributed by atoms with Gasteiger partial charge in [-0.25, -0.2) is 9.59 Å². The number of para-hydroxylation sites is 2. The molecular weight excluding hydrogens is 366 g/mol. The zero-order valence-electron chi connectivity index (χ0n) is 15.2. The number of benzene rings is 2. The molecule has 8 heteroatoms. The Morgan fingerprint density at radius 3 is 2.50 bits per heavy atom. The molecule has 0 aromatic heterocycles. The summed E-state index contributed by atoms with van der Waals surface area (Å²) >= 11 is 0. The van der Waals surface area contributed by atoms with Crippen molar-refractivity contribution in [2.24, 2.45) is 0 Å². The van der Waals surface area contributed by atoms with Crippen molar-refractivity contribution in [3.05, 3.63) is 59.7 Å². The first-order valence-electron chi connectivity index (χ1n) is 8.56. The number of amides is 1. The van der Waals surface area contributed by atoms with Crippen molar-refractivity contribution in [2.75, 3.05) is 20.3 Å². The Morgan fingerprint density at radius 2 is 1.79 bits per heavy atom. The summed E-state index contributed by atoms with van der Waals surface area (Å²) < 4.78 is 20.6. The third-order valence-electron chi connectivity index (χ3n) is 3.98. The van der Waals surface area contributed by atoms with Crippen LogP contribution in [0.1, 0.15) is 15.9 Å². The first-order valence-corrected chi connectivity index (χ1v) is 8.56. The third kappa shape index (κ3) is 4.79. The van der Waals surface area contributed by atoms with Crippen molar-refractivity contribution < 1.29 is 33.3 Å². The number of hydrogen-bond acceptors (Lipinski definition) is 7. The standard InChI is InChI=1S/C20H19NO7/c1-25-19(23)14-8-6-13(7-9-14)10-21-18(22)12-27-20(24)17-11-26-15-4-2-3-5-16(15)28-17/h2-9,17H,10-12H2,1H3,(H,21,22)/t17-/m1/s1. The van der Waals surface area contributed by atoms with E-state index in [1.165, 1.54) is 7.11 Å². The van der Waals surface area contributed by atoms with Gasteiger partial charge in [0.05, 0.1) is 12.7 Å². The van der Waals surface area contributed by atoms with Crippen molar-refractivity contribution in [3.8, 4) is 11.5 Å². The van der Waals surface area contributed by atoms with E-state index in [1.54, 1.807) is 48.5 Å². The van der Waals surface area contributed by atoms with Crippen molar-refractivity contribution in [2.45, 2.75) is 12.6 Å².